The largest absolute Gasteiger partial charge is 0.494 e. The Labute approximate surface area is 137 Å². The molecule has 5 heteroatoms. The van der Waals surface area contributed by atoms with Crippen LogP contribution in [0.1, 0.15) is 31.2 Å². The number of aliphatic hydroxyl groups excluding tert-OH is 1. The molecule has 112 valence electrons. The standard InChI is InChI=1S/C15H21Br2NO2/c1-20-15-13(16)6-11(7-14(15)17)9-18-8-10-2-4-12(19)5-3-10/h6-7,10,12,18-19H,2-5,8-9H2,1H3. The summed E-state index contributed by atoms with van der Waals surface area (Å²) >= 11 is 7.05. The Hall–Kier alpha value is -0.100. The Bertz CT molecular complexity index is 422. The second kappa shape index (κ2) is 7.78. The van der Waals surface area contributed by atoms with Crippen LogP contribution < -0.4 is 10.1 Å². The lowest BCUT2D eigenvalue weighted by molar-refractivity contribution is 0.108. The van der Waals surface area contributed by atoms with E-state index in [0.29, 0.717) is 5.92 Å². The summed E-state index contributed by atoms with van der Waals surface area (Å²) in [5.74, 6) is 1.53. The highest BCUT2D eigenvalue weighted by molar-refractivity contribution is 9.11. The Kier molecular flexibility index (Phi) is 6.33. The molecule has 2 N–H and O–H groups in total. The summed E-state index contributed by atoms with van der Waals surface area (Å²) in [6, 6.07) is 4.17. The highest BCUT2D eigenvalue weighted by Crippen LogP contribution is 2.34. The highest BCUT2D eigenvalue weighted by Gasteiger charge is 2.18. The Morgan fingerprint density at radius 2 is 1.80 bits per heavy atom. The number of benzene rings is 1. The molecule has 0 bridgehead atoms. The van der Waals surface area contributed by atoms with E-state index in [-0.39, 0.29) is 6.10 Å². The van der Waals surface area contributed by atoms with Crippen molar-refractivity contribution < 1.29 is 9.84 Å². The van der Waals surface area contributed by atoms with E-state index in [1.807, 2.05) is 0 Å². The quantitative estimate of drug-likeness (QED) is 0.779. The molecule has 20 heavy (non-hydrogen) atoms. The van der Waals surface area contributed by atoms with Crippen molar-refractivity contribution in [1.29, 1.82) is 0 Å². The van der Waals surface area contributed by atoms with Crippen LogP contribution in [0.2, 0.25) is 0 Å². The van der Waals surface area contributed by atoms with Crippen molar-refractivity contribution in [1.82, 2.24) is 5.32 Å². The molecule has 0 saturated heterocycles. The zero-order valence-electron chi connectivity index (χ0n) is 11.7. The average Bonchev–Trinajstić information content (AvgIpc) is 2.41. The fraction of sp³-hybridized carbons (Fsp3) is 0.600. The molecule has 1 fully saturated rings. The maximum Gasteiger partial charge on any atom is 0.147 e. The van der Waals surface area contributed by atoms with E-state index in [9.17, 15) is 5.11 Å². The molecule has 0 aromatic heterocycles. The summed E-state index contributed by atoms with van der Waals surface area (Å²) in [4.78, 5) is 0. The van der Waals surface area contributed by atoms with E-state index in [2.05, 4.69) is 49.3 Å². The summed E-state index contributed by atoms with van der Waals surface area (Å²) in [5.41, 5.74) is 1.22. The van der Waals surface area contributed by atoms with E-state index in [1.54, 1.807) is 7.11 Å². The van der Waals surface area contributed by atoms with E-state index in [0.717, 1.165) is 53.5 Å². The number of ether oxygens (including phenoxy) is 1. The molecule has 2 rings (SSSR count). The maximum absolute atomic E-state index is 9.50. The molecule has 1 aliphatic rings. The SMILES string of the molecule is COc1c(Br)cc(CNCC2CCC(O)CC2)cc1Br. The number of nitrogens with one attached hydrogen (secondary N) is 1. The van der Waals surface area contributed by atoms with Crippen molar-refractivity contribution in [2.45, 2.75) is 38.3 Å². The normalized spacial score (nSPS) is 22.8. The number of hydrogen-bond acceptors (Lipinski definition) is 3. The van der Waals surface area contributed by atoms with Gasteiger partial charge in [-0.15, -0.1) is 0 Å². The molecule has 0 spiro atoms. The van der Waals surface area contributed by atoms with Gasteiger partial charge in [0.15, 0.2) is 0 Å². The second-order valence-electron chi connectivity index (χ2n) is 5.40. The van der Waals surface area contributed by atoms with Crippen molar-refractivity contribution in [2.75, 3.05) is 13.7 Å². The molecule has 0 aliphatic heterocycles. The summed E-state index contributed by atoms with van der Waals surface area (Å²) < 4.78 is 7.23. The minimum absolute atomic E-state index is 0.0697. The first-order valence-electron chi connectivity index (χ1n) is 7.01. The molecule has 0 amide bonds. The van der Waals surface area contributed by atoms with Crippen molar-refractivity contribution >= 4 is 31.9 Å². The Morgan fingerprint density at radius 3 is 2.35 bits per heavy atom. The maximum atomic E-state index is 9.50. The van der Waals surface area contributed by atoms with E-state index >= 15 is 0 Å². The van der Waals surface area contributed by atoms with Crippen LogP contribution in [0.3, 0.4) is 0 Å². The van der Waals surface area contributed by atoms with Gasteiger partial charge in [-0.25, -0.2) is 0 Å². The molecule has 0 heterocycles. The molecule has 0 atom stereocenters. The smallest absolute Gasteiger partial charge is 0.147 e. The van der Waals surface area contributed by atoms with Gasteiger partial charge in [-0.05, 0) is 87.7 Å². The van der Waals surface area contributed by atoms with Gasteiger partial charge in [0.05, 0.1) is 22.2 Å². The van der Waals surface area contributed by atoms with Crippen LogP contribution in [-0.4, -0.2) is 24.9 Å². The lowest BCUT2D eigenvalue weighted by Crippen LogP contribution is -2.27. The van der Waals surface area contributed by atoms with E-state index in [1.165, 1.54) is 5.56 Å². The number of rotatable bonds is 5. The third kappa shape index (κ3) is 4.45. The van der Waals surface area contributed by atoms with Crippen LogP contribution in [0.4, 0.5) is 0 Å². The second-order valence-corrected chi connectivity index (χ2v) is 7.11. The fourth-order valence-electron chi connectivity index (χ4n) is 2.68. The van der Waals surface area contributed by atoms with Gasteiger partial charge in [0.1, 0.15) is 5.75 Å². The average molecular weight is 407 g/mol. The summed E-state index contributed by atoms with van der Waals surface area (Å²) in [7, 11) is 1.67. The monoisotopic (exact) mass is 405 g/mol. The number of hydrogen-bond donors (Lipinski definition) is 2. The van der Waals surface area contributed by atoms with Gasteiger partial charge in [-0.1, -0.05) is 0 Å². The molecule has 3 nitrogen and oxygen atoms in total. The highest BCUT2D eigenvalue weighted by atomic mass is 79.9. The van der Waals surface area contributed by atoms with Crippen LogP contribution in [0.15, 0.2) is 21.1 Å². The van der Waals surface area contributed by atoms with E-state index < -0.39 is 0 Å². The van der Waals surface area contributed by atoms with Crippen molar-refractivity contribution in [3.8, 4) is 5.75 Å². The summed E-state index contributed by atoms with van der Waals surface area (Å²) in [6.45, 7) is 1.87. The van der Waals surface area contributed by atoms with Gasteiger partial charge in [0, 0.05) is 6.54 Å². The van der Waals surface area contributed by atoms with Gasteiger partial charge in [-0.2, -0.15) is 0 Å². The zero-order valence-corrected chi connectivity index (χ0v) is 14.8. The van der Waals surface area contributed by atoms with Crippen LogP contribution in [0.25, 0.3) is 0 Å². The van der Waals surface area contributed by atoms with Gasteiger partial charge in [-0.3, -0.25) is 0 Å². The number of aliphatic hydroxyl groups is 1. The minimum atomic E-state index is -0.0697. The van der Waals surface area contributed by atoms with Gasteiger partial charge in [0.2, 0.25) is 0 Å². The molecule has 1 saturated carbocycles. The zero-order chi connectivity index (χ0) is 14.5. The van der Waals surface area contributed by atoms with Crippen LogP contribution in [-0.2, 0) is 6.54 Å². The molecule has 0 radical (unpaired) electrons. The van der Waals surface area contributed by atoms with Crippen molar-refractivity contribution in [3.05, 3.63) is 26.6 Å². The van der Waals surface area contributed by atoms with Crippen molar-refractivity contribution in [3.63, 3.8) is 0 Å². The fourth-order valence-corrected chi connectivity index (χ4v) is 4.28. The van der Waals surface area contributed by atoms with Crippen LogP contribution in [0, 0.1) is 5.92 Å². The molecule has 1 aromatic carbocycles. The summed E-state index contributed by atoms with van der Waals surface area (Å²) in [6.07, 6.45) is 4.09. The van der Waals surface area contributed by atoms with Crippen LogP contribution in [0.5, 0.6) is 5.75 Å². The predicted molar refractivity (Wildman–Crippen MR) is 88.1 cm³/mol. The minimum Gasteiger partial charge on any atom is -0.494 e. The molecule has 1 aromatic rings. The topological polar surface area (TPSA) is 41.5 Å². The molecular formula is C15H21Br2NO2. The summed E-state index contributed by atoms with van der Waals surface area (Å²) in [5, 5.41) is 13.0. The molecular weight excluding hydrogens is 386 g/mol. The lowest BCUT2D eigenvalue weighted by atomic mass is 9.87. The Balaban J connectivity index is 1.82. The third-order valence-electron chi connectivity index (χ3n) is 3.84. The first kappa shape index (κ1) is 16.3. The van der Waals surface area contributed by atoms with Gasteiger partial charge >= 0.3 is 0 Å². The Morgan fingerprint density at radius 1 is 1.20 bits per heavy atom. The number of halogens is 2. The molecule has 1 aliphatic carbocycles. The molecule has 0 unspecified atom stereocenters. The van der Waals surface area contributed by atoms with Crippen molar-refractivity contribution in [2.24, 2.45) is 5.92 Å². The van der Waals surface area contributed by atoms with Crippen LogP contribution >= 0.6 is 31.9 Å². The lowest BCUT2D eigenvalue weighted by Gasteiger charge is -2.25. The van der Waals surface area contributed by atoms with Gasteiger partial charge in [0.25, 0.3) is 0 Å². The first-order chi connectivity index (χ1) is 9.60. The first-order valence-corrected chi connectivity index (χ1v) is 8.59. The van der Waals surface area contributed by atoms with Gasteiger partial charge < -0.3 is 15.2 Å². The predicted octanol–water partition coefficient (Wildman–Crippen LogP) is 3.86. The third-order valence-corrected chi connectivity index (χ3v) is 5.02. The van der Waals surface area contributed by atoms with E-state index in [4.69, 9.17) is 4.74 Å². The number of methoxy groups -OCH3 is 1.